The molecule has 2 saturated heterocycles. The lowest BCUT2D eigenvalue weighted by Gasteiger charge is -2.16. The maximum Gasteiger partial charge on any atom is 0.222 e. The van der Waals surface area contributed by atoms with Gasteiger partial charge in [-0.15, -0.1) is 24.0 Å². The van der Waals surface area contributed by atoms with Crippen LogP contribution >= 0.6 is 24.0 Å². The van der Waals surface area contributed by atoms with Crippen molar-refractivity contribution in [3.63, 3.8) is 0 Å². The first-order chi connectivity index (χ1) is 15.7. The Morgan fingerprint density at radius 3 is 1.79 bits per heavy atom. The molecular weight excluding hydrogens is 525 g/mol. The van der Waals surface area contributed by atoms with Crippen molar-refractivity contribution < 1.29 is 4.79 Å². The number of aliphatic imine (C=N–C) groups is 1. The molecule has 0 saturated carbocycles. The van der Waals surface area contributed by atoms with Gasteiger partial charge in [0.1, 0.15) is 0 Å². The zero-order valence-electron chi connectivity index (χ0n) is 19.6. The summed E-state index contributed by atoms with van der Waals surface area (Å²) in [5, 5.41) is 6.78. The number of nitrogens with one attached hydrogen (secondary N) is 2. The number of likely N-dealkylation sites (tertiary alicyclic amines) is 2. The van der Waals surface area contributed by atoms with E-state index >= 15 is 0 Å². The van der Waals surface area contributed by atoms with Crippen molar-refractivity contribution >= 4 is 35.8 Å². The molecule has 0 radical (unpaired) electrons. The van der Waals surface area contributed by atoms with Gasteiger partial charge in [0.25, 0.3) is 0 Å². The lowest BCUT2D eigenvalue weighted by atomic mass is 10.1. The normalized spacial score (nSPS) is 16.7. The van der Waals surface area contributed by atoms with Crippen LogP contribution < -0.4 is 10.6 Å². The minimum atomic E-state index is 0. The molecule has 0 unspecified atom stereocenters. The quantitative estimate of drug-likeness (QED) is 0.292. The fourth-order valence-electron chi connectivity index (χ4n) is 4.41. The van der Waals surface area contributed by atoms with Crippen molar-refractivity contribution in [2.45, 2.75) is 51.9 Å². The van der Waals surface area contributed by atoms with E-state index in [4.69, 9.17) is 0 Å². The molecule has 2 aliphatic heterocycles. The summed E-state index contributed by atoms with van der Waals surface area (Å²) in [6.07, 6.45) is 4.34. The van der Waals surface area contributed by atoms with Crippen LogP contribution in [0, 0.1) is 0 Å². The average Bonchev–Trinajstić information content (AvgIpc) is 3.48. The van der Waals surface area contributed by atoms with Gasteiger partial charge >= 0.3 is 0 Å². The van der Waals surface area contributed by atoms with Gasteiger partial charge < -0.3 is 15.5 Å². The minimum Gasteiger partial charge on any atom is -0.352 e. The highest BCUT2D eigenvalue weighted by atomic mass is 127. The van der Waals surface area contributed by atoms with Gasteiger partial charge in [0.05, 0.1) is 0 Å². The van der Waals surface area contributed by atoms with Crippen molar-refractivity contribution in [1.82, 2.24) is 20.4 Å². The van der Waals surface area contributed by atoms with Gasteiger partial charge in [-0.3, -0.25) is 14.7 Å². The summed E-state index contributed by atoms with van der Waals surface area (Å²) in [4.78, 5) is 20.6. The number of rotatable bonds is 8. The molecule has 0 atom stereocenters. The van der Waals surface area contributed by atoms with E-state index in [2.05, 4.69) is 69.1 Å². The van der Waals surface area contributed by atoms with Gasteiger partial charge in [-0.1, -0.05) is 48.5 Å². The standard InChI is InChI=1S/C26H35N5O.HI/c1-27-26(28-17-21-6-10-23(11-7-21)19-30-14-2-3-15-30)29-18-22-8-12-24(13-9-22)20-31-16-4-5-25(31)32;/h6-13H,2-5,14-20H2,1H3,(H2,27,28,29);1H. The molecule has 0 aliphatic carbocycles. The second-order valence-corrected chi connectivity index (χ2v) is 8.81. The second kappa shape index (κ2) is 12.9. The highest BCUT2D eigenvalue weighted by Gasteiger charge is 2.19. The molecule has 0 bridgehead atoms. The minimum absolute atomic E-state index is 0. The fourth-order valence-corrected chi connectivity index (χ4v) is 4.41. The zero-order chi connectivity index (χ0) is 22.2. The van der Waals surface area contributed by atoms with Crippen molar-refractivity contribution in [3.8, 4) is 0 Å². The predicted molar refractivity (Wildman–Crippen MR) is 144 cm³/mol. The Morgan fingerprint density at radius 1 is 0.788 bits per heavy atom. The van der Waals surface area contributed by atoms with E-state index in [-0.39, 0.29) is 29.9 Å². The van der Waals surface area contributed by atoms with Crippen LogP contribution in [0.15, 0.2) is 53.5 Å². The molecule has 4 rings (SSSR count). The van der Waals surface area contributed by atoms with E-state index in [1.165, 1.54) is 48.2 Å². The molecule has 7 heteroatoms. The van der Waals surface area contributed by atoms with Crippen molar-refractivity contribution in [3.05, 3.63) is 70.8 Å². The van der Waals surface area contributed by atoms with E-state index in [1.807, 2.05) is 4.90 Å². The molecule has 2 fully saturated rings. The second-order valence-electron chi connectivity index (χ2n) is 8.81. The summed E-state index contributed by atoms with van der Waals surface area (Å²) in [5.41, 5.74) is 5.00. The smallest absolute Gasteiger partial charge is 0.222 e. The van der Waals surface area contributed by atoms with Gasteiger partial charge in [-0.05, 0) is 54.6 Å². The summed E-state index contributed by atoms with van der Waals surface area (Å²) < 4.78 is 0. The van der Waals surface area contributed by atoms with Crippen molar-refractivity contribution in [2.24, 2.45) is 4.99 Å². The van der Waals surface area contributed by atoms with Gasteiger partial charge in [0.2, 0.25) is 5.91 Å². The summed E-state index contributed by atoms with van der Waals surface area (Å²) in [7, 11) is 1.80. The largest absolute Gasteiger partial charge is 0.352 e. The topological polar surface area (TPSA) is 60.0 Å². The Morgan fingerprint density at radius 2 is 1.30 bits per heavy atom. The van der Waals surface area contributed by atoms with Crippen LogP contribution in [0.4, 0.5) is 0 Å². The number of nitrogens with zero attached hydrogens (tertiary/aromatic N) is 3. The third kappa shape index (κ3) is 7.71. The Balaban J connectivity index is 0.00000306. The number of carbonyl (C=O) groups is 1. The summed E-state index contributed by atoms with van der Waals surface area (Å²) in [5.74, 6) is 1.06. The average molecular weight is 562 g/mol. The van der Waals surface area contributed by atoms with E-state index in [0.29, 0.717) is 19.5 Å². The number of carbonyl (C=O) groups excluding carboxylic acids is 1. The van der Waals surface area contributed by atoms with Crippen LogP contribution in [-0.2, 0) is 31.0 Å². The molecule has 0 aromatic heterocycles. The van der Waals surface area contributed by atoms with Gasteiger partial charge in [-0.25, -0.2) is 0 Å². The number of amides is 1. The predicted octanol–water partition coefficient (Wildman–Crippen LogP) is 3.89. The molecule has 2 aliphatic rings. The summed E-state index contributed by atoms with van der Waals surface area (Å²) >= 11 is 0. The van der Waals surface area contributed by atoms with E-state index in [9.17, 15) is 4.79 Å². The summed E-state index contributed by atoms with van der Waals surface area (Å²) in [6.45, 7) is 6.56. The highest BCUT2D eigenvalue weighted by Crippen LogP contribution is 2.15. The molecule has 1 amide bonds. The van der Waals surface area contributed by atoms with Crippen LogP contribution in [0.2, 0.25) is 0 Å². The molecule has 2 N–H and O–H groups in total. The zero-order valence-corrected chi connectivity index (χ0v) is 21.9. The summed E-state index contributed by atoms with van der Waals surface area (Å²) in [6, 6.07) is 17.4. The molecule has 2 aromatic rings. The lowest BCUT2D eigenvalue weighted by molar-refractivity contribution is -0.128. The molecule has 2 heterocycles. The third-order valence-electron chi connectivity index (χ3n) is 6.34. The van der Waals surface area contributed by atoms with Crippen LogP contribution in [0.3, 0.4) is 0 Å². The van der Waals surface area contributed by atoms with E-state index in [1.54, 1.807) is 7.05 Å². The number of guanidine groups is 1. The maximum absolute atomic E-state index is 11.8. The van der Waals surface area contributed by atoms with E-state index < -0.39 is 0 Å². The Labute approximate surface area is 214 Å². The first-order valence-corrected chi connectivity index (χ1v) is 11.8. The van der Waals surface area contributed by atoms with Gasteiger partial charge in [0, 0.05) is 46.2 Å². The maximum atomic E-state index is 11.8. The fraction of sp³-hybridized carbons (Fsp3) is 0.462. The molecule has 0 spiro atoms. The Bertz CT molecular complexity index is 907. The van der Waals surface area contributed by atoms with Gasteiger partial charge in [0.15, 0.2) is 5.96 Å². The highest BCUT2D eigenvalue weighted by molar-refractivity contribution is 14.0. The number of hydrogen-bond acceptors (Lipinski definition) is 3. The van der Waals surface area contributed by atoms with Crippen LogP contribution in [-0.4, -0.2) is 48.3 Å². The SMILES string of the molecule is CN=C(NCc1ccc(CN2CCCC2)cc1)NCc1ccc(CN2CCCC2=O)cc1.I. The molecular formula is C26H36IN5O. The number of hydrogen-bond donors (Lipinski definition) is 2. The molecule has 178 valence electrons. The van der Waals surface area contributed by atoms with Crippen LogP contribution in [0.25, 0.3) is 0 Å². The lowest BCUT2D eigenvalue weighted by Crippen LogP contribution is -2.36. The molecule has 6 nitrogen and oxygen atoms in total. The molecule has 2 aromatic carbocycles. The van der Waals surface area contributed by atoms with Gasteiger partial charge in [-0.2, -0.15) is 0 Å². The number of benzene rings is 2. The van der Waals surface area contributed by atoms with Crippen LogP contribution in [0.1, 0.15) is 47.9 Å². The monoisotopic (exact) mass is 561 g/mol. The van der Waals surface area contributed by atoms with E-state index in [0.717, 1.165) is 32.0 Å². The molecule has 33 heavy (non-hydrogen) atoms. The number of halogens is 1. The van der Waals surface area contributed by atoms with Crippen molar-refractivity contribution in [1.29, 1.82) is 0 Å². The Kier molecular flexibility index (Phi) is 9.99. The first kappa shape index (κ1) is 25.5. The van der Waals surface area contributed by atoms with Crippen LogP contribution in [0.5, 0.6) is 0 Å². The Hall–Kier alpha value is -2.13. The van der Waals surface area contributed by atoms with Crippen molar-refractivity contribution in [2.75, 3.05) is 26.7 Å². The first-order valence-electron chi connectivity index (χ1n) is 11.8. The third-order valence-corrected chi connectivity index (χ3v) is 6.34.